The van der Waals surface area contributed by atoms with Gasteiger partial charge in [-0.2, -0.15) is 0 Å². The van der Waals surface area contributed by atoms with Crippen molar-refractivity contribution >= 4 is 11.3 Å². The number of anilines is 1. The average molecular weight is 273 g/mol. The average Bonchev–Trinajstić information content (AvgIpc) is 2.82. The summed E-state index contributed by atoms with van der Waals surface area (Å²) in [5.74, 6) is 1.74. The summed E-state index contributed by atoms with van der Waals surface area (Å²) in [6.45, 7) is 6.94. The van der Waals surface area contributed by atoms with E-state index in [1.54, 1.807) is 0 Å². The molecule has 1 aliphatic rings. The van der Waals surface area contributed by atoms with E-state index in [2.05, 4.69) is 28.9 Å². The minimum atomic E-state index is 0.657. The highest BCUT2D eigenvalue weighted by Crippen LogP contribution is 2.22. The van der Waals surface area contributed by atoms with Gasteiger partial charge >= 0.3 is 0 Å². The van der Waals surface area contributed by atoms with Crippen LogP contribution in [0.3, 0.4) is 0 Å². The van der Waals surface area contributed by atoms with Crippen molar-refractivity contribution in [1.82, 2.24) is 19.5 Å². The molecule has 1 saturated heterocycles. The molecule has 108 valence electrons. The maximum atomic E-state index is 5.85. The molecule has 5 heteroatoms. The number of pyridine rings is 1. The van der Waals surface area contributed by atoms with Gasteiger partial charge in [-0.05, 0) is 57.8 Å². The van der Waals surface area contributed by atoms with Gasteiger partial charge in [-0.25, -0.2) is 0 Å². The zero-order valence-electron chi connectivity index (χ0n) is 12.3. The first-order valence-electron chi connectivity index (χ1n) is 7.46. The molecule has 20 heavy (non-hydrogen) atoms. The van der Waals surface area contributed by atoms with Crippen molar-refractivity contribution in [2.45, 2.75) is 39.2 Å². The molecule has 0 unspecified atom stereocenters. The van der Waals surface area contributed by atoms with Gasteiger partial charge in [0.15, 0.2) is 5.65 Å². The molecule has 0 amide bonds. The maximum absolute atomic E-state index is 5.85. The van der Waals surface area contributed by atoms with Crippen molar-refractivity contribution in [3.05, 3.63) is 24.2 Å². The fraction of sp³-hybridized carbons (Fsp3) is 0.600. The first-order valence-corrected chi connectivity index (χ1v) is 7.46. The summed E-state index contributed by atoms with van der Waals surface area (Å²) in [6.07, 6.45) is 5.41. The summed E-state index contributed by atoms with van der Waals surface area (Å²) in [4.78, 5) is 2.55. The number of fused-ring (bicyclic) bond motifs is 1. The lowest BCUT2D eigenvalue weighted by Gasteiger charge is -2.34. The Labute approximate surface area is 119 Å². The smallest absolute Gasteiger partial charge is 0.160 e. The first kappa shape index (κ1) is 13.4. The summed E-state index contributed by atoms with van der Waals surface area (Å²) in [7, 11) is 0. The molecule has 5 nitrogen and oxygen atoms in total. The van der Waals surface area contributed by atoms with Crippen molar-refractivity contribution in [1.29, 1.82) is 0 Å². The second-order valence-electron chi connectivity index (χ2n) is 6.08. The highest BCUT2D eigenvalue weighted by atomic mass is 15.2. The van der Waals surface area contributed by atoms with Gasteiger partial charge in [-0.1, -0.05) is 0 Å². The van der Waals surface area contributed by atoms with Crippen molar-refractivity contribution in [3.8, 4) is 0 Å². The molecular weight excluding hydrogens is 250 g/mol. The summed E-state index contributed by atoms with van der Waals surface area (Å²) in [5.41, 5.74) is 7.49. The predicted octanol–water partition coefficient (Wildman–Crippen LogP) is 1.97. The highest BCUT2D eigenvalue weighted by Gasteiger charge is 2.22. The maximum Gasteiger partial charge on any atom is 0.160 e. The fourth-order valence-electron chi connectivity index (χ4n) is 3.03. The Balaban J connectivity index is 1.70. The number of nitrogens with zero attached hydrogens (tertiary/aromatic N) is 4. The highest BCUT2D eigenvalue weighted by molar-refractivity contribution is 5.47. The molecule has 0 saturated carbocycles. The minimum Gasteiger partial charge on any atom is -0.398 e. The zero-order chi connectivity index (χ0) is 14.1. The molecule has 0 aromatic carbocycles. The van der Waals surface area contributed by atoms with Crippen LogP contribution in [0.4, 0.5) is 5.69 Å². The number of hydrogen-bond donors (Lipinski definition) is 1. The molecule has 1 fully saturated rings. The van der Waals surface area contributed by atoms with Gasteiger partial charge < -0.3 is 10.6 Å². The third-order valence-electron chi connectivity index (χ3n) is 4.35. The van der Waals surface area contributed by atoms with Crippen molar-refractivity contribution in [2.24, 2.45) is 5.92 Å². The molecule has 2 N–H and O–H groups in total. The van der Waals surface area contributed by atoms with Crippen LogP contribution in [0, 0.1) is 5.92 Å². The third kappa shape index (κ3) is 2.63. The quantitative estimate of drug-likeness (QED) is 0.929. The van der Waals surface area contributed by atoms with E-state index in [4.69, 9.17) is 5.73 Å². The molecule has 2 aromatic heterocycles. The van der Waals surface area contributed by atoms with Gasteiger partial charge in [0.2, 0.25) is 0 Å². The fourth-order valence-corrected chi connectivity index (χ4v) is 3.03. The number of aromatic nitrogens is 3. The molecule has 3 heterocycles. The number of hydrogen-bond acceptors (Lipinski definition) is 4. The number of nitrogens with two attached hydrogens (primary N) is 1. The van der Waals surface area contributed by atoms with E-state index >= 15 is 0 Å². The zero-order valence-corrected chi connectivity index (χ0v) is 12.3. The molecule has 0 bridgehead atoms. The number of nitrogen functional groups attached to an aromatic ring is 1. The van der Waals surface area contributed by atoms with Crippen LogP contribution in [0.25, 0.3) is 5.65 Å². The summed E-state index contributed by atoms with van der Waals surface area (Å²) in [5, 5.41) is 8.54. The van der Waals surface area contributed by atoms with E-state index < -0.39 is 0 Å². The van der Waals surface area contributed by atoms with Crippen LogP contribution >= 0.6 is 0 Å². The topological polar surface area (TPSA) is 59.5 Å². The predicted molar refractivity (Wildman–Crippen MR) is 80.5 cm³/mol. The number of likely N-dealkylation sites (tertiary alicyclic amines) is 1. The van der Waals surface area contributed by atoms with E-state index in [-0.39, 0.29) is 0 Å². The molecule has 3 rings (SSSR count). The molecule has 2 aromatic rings. The number of rotatable bonds is 3. The van der Waals surface area contributed by atoms with Crippen LogP contribution in [-0.4, -0.2) is 38.6 Å². The van der Waals surface area contributed by atoms with E-state index in [1.165, 1.54) is 25.9 Å². The first-order chi connectivity index (χ1) is 9.63. The van der Waals surface area contributed by atoms with E-state index in [0.717, 1.165) is 23.6 Å². The lowest BCUT2D eigenvalue weighted by atomic mass is 9.92. The van der Waals surface area contributed by atoms with Crippen LogP contribution in [0.2, 0.25) is 0 Å². The lowest BCUT2D eigenvalue weighted by molar-refractivity contribution is 0.148. The SMILES string of the molecule is CC(C)N1CCC(Cc2nnc3ccc(N)cn23)CC1. The Morgan fingerprint density at radius 1 is 1.25 bits per heavy atom. The van der Waals surface area contributed by atoms with Crippen LogP contribution in [0.15, 0.2) is 18.3 Å². The molecule has 0 aliphatic carbocycles. The second kappa shape index (κ2) is 5.40. The molecule has 0 radical (unpaired) electrons. The normalized spacial score (nSPS) is 18.1. The number of piperidine rings is 1. The Hall–Kier alpha value is -1.62. The minimum absolute atomic E-state index is 0.657. The van der Waals surface area contributed by atoms with E-state index in [1.807, 2.05) is 22.7 Å². The Kier molecular flexibility index (Phi) is 3.61. The second-order valence-corrected chi connectivity index (χ2v) is 6.08. The van der Waals surface area contributed by atoms with Crippen LogP contribution in [0.1, 0.15) is 32.5 Å². The molecular formula is C15H23N5. The molecule has 0 spiro atoms. The summed E-state index contributed by atoms with van der Waals surface area (Å²) in [6, 6.07) is 4.45. The van der Waals surface area contributed by atoms with Gasteiger partial charge in [-0.3, -0.25) is 4.40 Å². The standard InChI is InChI=1S/C15H23N5/c1-11(2)19-7-5-12(6-8-19)9-15-18-17-14-4-3-13(16)10-20(14)15/h3-4,10-12H,5-9,16H2,1-2H3. The summed E-state index contributed by atoms with van der Waals surface area (Å²) < 4.78 is 2.03. The van der Waals surface area contributed by atoms with Gasteiger partial charge in [0, 0.05) is 24.3 Å². The van der Waals surface area contributed by atoms with Crippen LogP contribution in [-0.2, 0) is 6.42 Å². The lowest BCUT2D eigenvalue weighted by Crippen LogP contribution is -2.39. The van der Waals surface area contributed by atoms with Crippen LogP contribution < -0.4 is 5.73 Å². The Bertz CT molecular complexity index is 581. The van der Waals surface area contributed by atoms with E-state index in [0.29, 0.717) is 12.0 Å². The Morgan fingerprint density at radius 2 is 2.00 bits per heavy atom. The van der Waals surface area contributed by atoms with Crippen molar-refractivity contribution in [3.63, 3.8) is 0 Å². The monoisotopic (exact) mass is 273 g/mol. The van der Waals surface area contributed by atoms with Crippen molar-refractivity contribution < 1.29 is 0 Å². The molecule has 0 atom stereocenters. The van der Waals surface area contributed by atoms with Crippen LogP contribution in [0.5, 0.6) is 0 Å². The largest absolute Gasteiger partial charge is 0.398 e. The van der Waals surface area contributed by atoms with Gasteiger partial charge in [0.05, 0.1) is 0 Å². The van der Waals surface area contributed by atoms with Gasteiger partial charge in [0.25, 0.3) is 0 Å². The summed E-state index contributed by atoms with van der Waals surface area (Å²) >= 11 is 0. The van der Waals surface area contributed by atoms with Gasteiger partial charge in [-0.15, -0.1) is 10.2 Å². The third-order valence-corrected chi connectivity index (χ3v) is 4.35. The molecule has 1 aliphatic heterocycles. The van der Waals surface area contributed by atoms with E-state index in [9.17, 15) is 0 Å². The Morgan fingerprint density at radius 3 is 2.70 bits per heavy atom. The van der Waals surface area contributed by atoms with Gasteiger partial charge in [0.1, 0.15) is 5.82 Å². The van der Waals surface area contributed by atoms with Crippen molar-refractivity contribution in [2.75, 3.05) is 18.8 Å².